The van der Waals surface area contributed by atoms with Gasteiger partial charge in [0.1, 0.15) is 0 Å². The molecule has 7 nitrogen and oxygen atoms in total. The topological polar surface area (TPSA) is 89.1 Å². The van der Waals surface area contributed by atoms with Crippen molar-refractivity contribution in [1.82, 2.24) is 20.7 Å². The Balaban J connectivity index is 1.65. The summed E-state index contributed by atoms with van der Waals surface area (Å²) >= 11 is 0. The number of rotatable bonds is 7. The van der Waals surface area contributed by atoms with Gasteiger partial charge in [0.15, 0.2) is 17.2 Å². The molecule has 2 aromatic rings. The van der Waals surface area contributed by atoms with Crippen molar-refractivity contribution < 1.29 is 23.0 Å². The van der Waals surface area contributed by atoms with E-state index in [9.17, 15) is 13.6 Å². The molecule has 128 valence electrons. The molecule has 1 aromatic carbocycles. The van der Waals surface area contributed by atoms with Crippen molar-refractivity contribution in [3.05, 3.63) is 35.2 Å². The lowest BCUT2D eigenvalue weighted by Gasteiger charge is -2.11. The Kier molecular flexibility index (Phi) is 4.59. The fourth-order valence-electron chi connectivity index (χ4n) is 2.33. The van der Waals surface area contributed by atoms with Crippen molar-refractivity contribution in [3.8, 4) is 11.5 Å². The summed E-state index contributed by atoms with van der Waals surface area (Å²) in [6, 6.07) is 4.48. The average molecular weight is 338 g/mol. The number of methoxy groups -OCH3 is 1. The van der Waals surface area contributed by atoms with E-state index >= 15 is 0 Å². The molecule has 1 aromatic heterocycles. The molecule has 0 bridgehead atoms. The minimum absolute atomic E-state index is 0.0601. The first-order chi connectivity index (χ1) is 11.6. The van der Waals surface area contributed by atoms with Crippen LogP contribution in [0.25, 0.3) is 0 Å². The van der Waals surface area contributed by atoms with Gasteiger partial charge in [-0.05, 0) is 30.5 Å². The maximum absolute atomic E-state index is 12.3. The molecule has 1 aliphatic carbocycles. The molecule has 1 amide bonds. The van der Waals surface area contributed by atoms with Crippen molar-refractivity contribution in [3.63, 3.8) is 0 Å². The third-order valence-electron chi connectivity index (χ3n) is 3.65. The van der Waals surface area contributed by atoms with Crippen LogP contribution in [0.5, 0.6) is 11.5 Å². The number of amides is 1. The number of benzene rings is 1. The minimum Gasteiger partial charge on any atom is -0.493 e. The summed E-state index contributed by atoms with van der Waals surface area (Å²) in [5.74, 6) is 0.0742. The number of hydrogen-bond donors (Lipinski definition) is 2. The lowest BCUT2D eigenvalue weighted by atomic mass is 10.2. The van der Waals surface area contributed by atoms with E-state index in [-0.39, 0.29) is 24.0 Å². The van der Waals surface area contributed by atoms with E-state index < -0.39 is 6.61 Å². The van der Waals surface area contributed by atoms with Gasteiger partial charge < -0.3 is 14.8 Å². The largest absolute Gasteiger partial charge is 0.493 e. The molecular weight excluding hydrogens is 322 g/mol. The molecule has 0 spiro atoms. The monoisotopic (exact) mass is 338 g/mol. The van der Waals surface area contributed by atoms with Gasteiger partial charge in [-0.1, -0.05) is 6.07 Å². The number of ether oxygens (including phenoxy) is 2. The lowest BCUT2D eigenvalue weighted by Crippen LogP contribution is -2.24. The molecule has 9 heteroatoms. The van der Waals surface area contributed by atoms with E-state index in [2.05, 4.69) is 25.5 Å². The summed E-state index contributed by atoms with van der Waals surface area (Å²) in [6.07, 6.45) is 2.02. The molecule has 1 heterocycles. The van der Waals surface area contributed by atoms with Crippen LogP contribution in [0.4, 0.5) is 8.78 Å². The van der Waals surface area contributed by atoms with Gasteiger partial charge in [-0.2, -0.15) is 24.2 Å². The second-order valence-corrected chi connectivity index (χ2v) is 5.38. The van der Waals surface area contributed by atoms with E-state index in [1.165, 1.54) is 19.2 Å². The molecule has 1 saturated carbocycles. The number of aromatic nitrogens is 3. The zero-order valence-corrected chi connectivity index (χ0v) is 12.9. The summed E-state index contributed by atoms with van der Waals surface area (Å²) in [5.41, 5.74) is 1.66. The first-order valence-electron chi connectivity index (χ1n) is 7.39. The van der Waals surface area contributed by atoms with Gasteiger partial charge in [0, 0.05) is 12.5 Å². The first kappa shape index (κ1) is 16.2. The predicted molar refractivity (Wildman–Crippen MR) is 79.2 cm³/mol. The van der Waals surface area contributed by atoms with Gasteiger partial charge in [-0.25, -0.2) is 0 Å². The van der Waals surface area contributed by atoms with Crippen LogP contribution in [0.1, 0.15) is 40.5 Å². The Morgan fingerprint density at radius 1 is 1.38 bits per heavy atom. The van der Waals surface area contributed by atoms with Crippen LogP contribution in [-0.4, -0.2) is 35.0 Å². The summed E-state index contributed by atoms with van der Waals surface area (Å²) in [7, 11) is 1.35. The Hall–Kier alpha value is -2.71. The molecular formula is C15H16F2N4O3. The molecule has 0 unspecified atom stereocenters. The highest BCUT2D eigenvalue weighted by molar-refractivity contribution is 5.93. The van der Waals surface area contributed by atoms with Crippen LogP contribution < -0.4 is 14.8 Å². The van der Waals surface area contributed by atoms with E-state index in [0.717, 1.165) is 12.8 Å². The number of hydrogen-bond acceptors (Lipinski definition) is 5. The van der Waals surface area contributed by atoms with Gasteiger partial charge in [-0.3, -0.25) is 4.79 Å². The van der Waals surface area contributed by atoms with Crippen LogP contribution in [0.2, 0.25) is 0 Å². The van der Waals surface area contributed by atoms with Gasteiger partial charge in [-0.15, -0.1) is 0 Å². The van der Waals surface area contributed by atoms with E-state index in [1.807, 2.05) is 0 Å². The third kappa shape index (κ3) is 3.61. The SMILES string of the molecule is COc1cc(CNC(=O)c2n[nH]nc2C2CC2)ccc1OC(F)F. The number of aromatic amines is 1. The van der Waals surface area contributed by atoms with Crippen molar-refractivity contribution in [2.45, 2.75) is 31.9 Å². The van der Waals surface area contributed by atoms with Crippen LogP contribution in [0.15, 0.2) is 18.2 Å². The predicted octanol–water partition coefficient (Wildman–Crippen LogP) is 2.22. The molecule has 1 aliphatic rings. The fraction of sp³-hybridized carbons (Fsp3) is 0.400. The van der Waals surface area contributed by atoms with Gasteiger partial charge in [0.2, 0.25) is 0 Å². The van der Waals surface area contributed by atoms with Crippen molar-refractivity contribution in [2.75, 3.05) is 7.11 Å². The number of nitrogens with one attached hydrogen (secondary N) is 2. The maximum Gasteiger partial charge on any atom is 0.387 e. The Morgan fingerprint density at radius 2 is 2.17 bits per heavy atom. The van der Waals surface area contributed by atoms with Gasteiger partial charge >= 0.3 is 6.61 Å². The van der Waals surface area contributed by atoms with Crippen molar-refractivity contribution >= 4 is 5.91 Å². The highest BCUT2D eigenvalue weighted by Gasteiger charge is 2.31. The number of nitrogens with zero attached hydrogens (tertiary/aromatic N) is 2. The third-order valence-corrected chi connectivity index (χ3v) is 3.65. The zero-order chi connectivity index (χ0) is 17.1. The van der Waals surface area contributed by atoms with Crippen molar-refractivity contribution in [2.24, 2.45) is 0 Å². The fourth-order valence-corrected chi connectivity index (χ4v) is 2.33. The quantitative estimate of drug-likeness (QED) is 0.808. The Morgan fingerprint density at radius 3 is 2.83 bits per heavy atom. The maximum atomic E-state index is 12.3. The lowest BCUT2D eigenvalue weighted by molar-refractivity contribution is -0.0512. The molecule has 0 aliphatic heterocycles. The number of carbonyl (C=O) groups is 1. The smallest absolute Gasteiger partial charge is 0.387 e. The number of carbonyl (C=O) groups excluding carboxylic acids is 1. The normalized spacial score (nSPS) is 13.8. The molecule has 1 fully saturated rings. The number of halogens is 2. The average Bonchev–Trinajstić information content (AvgIpc) is 3.29. The highest BCUT2D eigenvalue weighted by atomic mass is 19.3. The molecule has 3 rings (SSSR count). The summed E-state index contributed by atoms with van der Waals surface area (Å²) in [4.78, 5) is 12.2. The molecule has 0 saturated heterocycles. The van der Waals surface area contributed by atoms with Gasteiger partial charge in [0.05, 0.1) is 12.8 Å². The summed E-state index contributed by atoms with van der Waals surface area (Å²) in [6.45, 7) is -2.74. The Bertz CT molecular complexity index is 731. The van der Waals surface area contributed by atoms with E-state index in [0.29, 0.717) is 22.9 Å². The second-order valence-electron chi connectivity index (χ2n) is 5.38. The summed E-state index contributed by atoms with van der Waals surface area (Å²) in [5, 5.41) is 13.1. The van der Waals surface area contributed by atoms with Crippen LogP contribution in [0, 0.1) is 0 Å². The van der Waals surface area contributed by atoms with E-state index in [4.69, 9.17) is 4.74 Å². The minimum atomic E-state index is -2.93. The number of alkyl halides is 2. The molecule has 24 heavy (non-hydrogen) atoms. The van der Waals surface area contributed by atoms with E-state index in [1.54, 1.807) is 6.07 Å². The first-order valence-corrected chi connectivity index (χ1v) is 7.39. The van der Waals surface area contributed by atoms with Crippen molar-refractivity contribution in [1.29, 1.82) is 0 Å². The molecule has 0 radical (unpaired) electrons. The van der Waals surface area contributed by atoms with Crippen LogP contribution in [-0.2, 0) is 6.54 Å². The standard InChI is InChI=1S/C15H16F2N4O3/c1-23-11-6-8(2-5-10(11)24-15(16)17)7-18-14(22)13-12(9-3-4-9)19-21-20-13/h2,5-6,9,15H,3-4,7H2,1H3,(H,18,22)(H,19,20,21). The molecule has 2 N–H and O–H groups in total. The Labute approximate surface area is 136 Å². The van der Waals surface area contributed by atoms with Gasteiger partial charge in [0.25, 0.3) is 5.91 Å². The van der Waals surface area contributed by atoms with Crippen LogP contribution >= 0.6 is 0 Å². The number of H-pyrrole nitrogens is 1. The van der Waals surface area contributed by atoms with Crippen LogP contribution in [0.3, 0.4) is 0 Å². The molecule has 0 atom stereocenters. The summed E-state index contributed by atoms with van der Waals surface area (Å²) < 4.78 is 34.0. The zero-order valence-electron chi connectivity index (χ0n) is 12.9. The highest BCUT2D eigenvalue weighted by Crippen LogP contribution is 2.39. The second kappa shape index (κ2) is 6.81.